The van der Waals surface area contributed by atoms with Crippen LogP contribution in [0.2, 0.25) is 0 Å². The Labute approximate surface area is 165 Å². The third kappa shape index (κ3) is 5.08. The van der Waals surface area contributed by atoms with Gasteiger partial charge in [-0.2, -0.15) is 0 Å². The normalized spacial score (nSPS) is 29.1. The molecule has 0 heterocycles. The van der Waals surface area contributed by atoms with Crippen molar-refractivity contribution >= 4 is 0 Å². The van der Waals surface area contributed by atoms with Gasteiger partial charge in [-0.05, 0) is 93.7 Å². The Morgan fingerprint density at radius 2 is 1.43 bits per heavy atom. The first-order valence-electron chi connectivity index (χ1n) is 10.6. The van der Waals surface area contributed by atoms with Gasteiger partial charge in [0.05, 0.1) is 0 Å². The van der Waals surface area contributed by atoms with E-state index in [-0.39, 0.29) is 23.8 Å². The topological polar surface area (TPSA) is 9.23 Å². The van der Waals surface area contributed by atoms with Crippen molar-refractivity contribution in [2.45, 2.75) is 76.6 Å². The molecule has 1 nitrogen and oxygen atoms in total. The molecule has 28 heavy (non-hydrogen) atoms. The monoisotopic (exact) mass is 400 g/mol. The Morgan fingerprint density at radius 3 is 1.96 bits per heavy atom. The van der Waals surface area contributed by atoms with Crippen LogP contribution in [-0.4, -0.2) is 19.6 Å². The summed E-state index contributed by atoms with van der Waals surface area (Å²) in [6.07, 6.45) is 5.63. The van der Waals surface area contributed by atoms with Gasteiger partial charge in [0.2, 0.25) is 0 Å². The van der Waals surface area contributed by atoms with E-state index in [1.54, 1.807) is 7.11 Å². The number of benzene rings is 1. The van der Waals surface area contributed by atoms with Crippen molar-refractivity contribution in [1.82, 2.24) is 0 Å². The summed E-state index contributed by atoms with van der Waals surface area (Å²) in [5, 5.41) is 0. The quantitative estimate of drug-likeness (QED) is 0.466. The minimum Gasteiger partial charge on any atom is -0.384 e. The van der Waals surface area contributed by atoms with E-state index < -0.39 is 23.5 Å². The third-order valence-electron chi connectivity index (χ3n) is 7.03. The van der Waals surface area contributed by atoms with Crippen molar-refractivity contribution in [3.63, 3.8) is 0 Å². The molecule has 3 rings (SSSR count). The Balaban J connectivity index is 1.51. The Hall–Kier alpha value is -1.10. The summed E-state index contributed by atoms with van der Waals surface area (Å²) < 4.78 is 62.5. The number of hydrogen-bond donors (Lipinski definition) is 0. The second-order valence-electron chi connectivity index (χ2n) is 8.97. The molecule has 0 atom stereocenters. The predicted octanol–water partition coefficient (Wildman–Crippen LogP) is 7.03. The van der Waals surface area contributed by atoms with Gasteiger partial charge in [-0.1, -0.05) is 0 Å². The van der Waals surface area contributed by atoms with Gasteiger partial charge in [-0.3, -0.25) is 0 Å². The molecule has 0 spiro atoms. The van der Waals surface area contributed by atoms with Gasteiger partial charge in [-0.15, -0.1) is 0 Å². The lowest BCUT2D eigenvalue weighted by atomic mass is 9.73. The van der Waals surface area contributed by atoms with Crippen LogP contribution in [0.3, 0.4) is 0 Å². The first kappa shape index (κ1) is 21.6. The van der Waals surface area contributed by atoms with Crippen molar-refractivity contribution in [2.75, 3.05) is 13.7 Å². The number of alkyl halides is 2. The smallest absolute Gasteiger partial charge is 0.251 e. The van der Waals surface area contributed by atoms with Crippen LogP contribution < -0.4 is 0 Å². The number of hydrogen-bond acceptors (Lipinski definition) is 1. The van der Waals surface area contributed by atoms with Crippen LogP contribution >= 0.6 is 0 Å². The first-order chi connectivity index (χ1) is 13.3. The van der Waals surface area contributed by atoms with Crippen LogP contribution in [0.15, 0.2) is 12.1 Å². The van der Waals surface area contributed by atoms with Crippen molar-refractivity contribution < 1.29 is 22.3 Å². The van der Waals surface area contributed by atoms with Gasteiger partial charge in [-0.25, -0.2) is 17.6 Å². The van der Waals surface area contributed by atoms with E-state index in [1.165, 1.54) is 19.1 Å². The molecule has 0 amide bonds. The van der Waals surface area contributed by atoms with Gasteiger partial charge in [0.1, 0.15) is 11.6 Å². The van der Waals surface area contributed by atoms with Crippen LogP contribution in [-0.2, 0) is 4.74 Å². The maximum absolute atomic E-state index is 14.8. The fourth-order valence-electron chi connectivity index (χ4n) is 5.14. The molecule has 2 saturated carbocycles. The highest BCUT2D eigenvalue weighted by atomic mass is 19.3. The van der Waals surface area contributed by atoms with Crippen LogP contribution in [0.1, 0.15) is 74.8 Å². The van der Waals surface area contributed by atoms with E-state index in [9.17, 15) is 17.6 Å². The van der Waals surface area contributed by atoms with E-state index in [0.717, 1.165) is 25.7 Å². The average molecular weight is 401 g/mol. The summed E-state index contributed by atoms with van der Waals surface area (Å²) in [6.45, 7) is 2.10. The lowest BCUT2D eigenvalue weighted by Crippen LogP contribution is -2.35. The highest BCUT2D eigenvalue weighted by molar-refractivity contribution is 5.28. The third-order valence-corrected chi connectivity index (χ3v) is 7.03. The summed E-state index contributed by atoms with van der Waals surface area (Å²) in [7, 11) is 1.66. The Morgan fingerprint density at radius 1 is 0.893 bits per heavy atom. The highest BCUT2D eigenvalue weighted by Gasteiger charge is 2.43. The molecule has 1 aromatic rings. The van der Waals surface area contributed by atoms with Crippen LogP contribution in [0.4, 0.5) is 17.6 Å². The summed E-state index contributed by atoms with van der Waals surface area (Å²) in [6, 6.07) is 2.83. The molecule has 0 saturated heterocycles. The molecule has 0 bridgehead atoms. The van der Waals surface area contributed by atoms with Gasteiger partial charge >= 0.3 is 0 Å². The molecular weight excluding hydrogens is 368 g/mol. The van der Waals surface area contributed by atoms with Crippen molar-refractivity contribution in [3.8, 4) is 0 Å². The summed E-state index contributed by atoms with van der Waals surface area (Å²) >= 11 is 0. The lowest BCUT2D eigenvalue weighted by Gasteiger charge is -2.37. The highest BCUT2D eigenvalue weighted by Crippen LogP contribution is 2.46. The van der Waals surface area contributed by atoms with E-state index in [1.807, 2.05) is 0 Å². The minimum atomic E-state index is -2.61. The SMILES string of the molecule is COCC1CCC(C(F)(F)CC2CCC(c3cc(F)c(C)c(F)c3)CC2)CC1. The van der Waals surface area contributed by atoms with Crippen molar-refractivity contribution in [2.24, 2.45) is 17.8 Å². The van der Waals surface area contributed by atoms with E-state index in [2.05, 4.69) is 0 Å². The largest absolute Gasteiger partial charge is 0.384 e. The number of halogens is 4. The maximum atomic E-state index is 14.8. The Kier molecular flexibility index (Phi) is 7.06. The first-order valence-corrected chi connectivity index (χ1v) is 10.6. The van der Waals surface area contributed by atoms with E-state index in [0.29, 0.717) is 43.8 Å². The van der Waals surface area contributed by atoms with Gasteiger partial charge < -0.3 is 4.74 Å². The molecule has 5 heteroatoms. The molecule has 0 aromatic heterocycles. The Bertz CT molecular complexity index is 621. The minimum absolute atomic E-state index is 0.00286. The molecule has 2 aliphatic carbocycles. The van der Waals surface area contributed by atoms with Gasteiger partial charge in [0.25, 0.3) is 5.92 Å². The summed E-state index contributed by atoms with van der Waals surface area (Å²) in [4.78, 5) is 0. The predicted molar refractivity (Wildman–Crippen MR) is 103 cm³/mol. The molecule has 1 aromatic carbocycles. The lowest BCUT2D eigenvalue weighted by molar-refractivity contribution is -0.0972. The molecule has 158 valence electrons. The molecule has 2 fully saturated rings. The number of methoxy groups -OCH3 is 1. The molecule has 2 aliphatic rings. The van der Waals surface area contributed by atoms with Crippen molar-refractivity contribution in [3.05, 3.63) is 34.9 Å². The molecular formula is C23H32F4O. The molecule has 0 unspecified atom stereocenters. The zero-order chi connectivity index (χ0) is 20.3. The number of rotatable bonds is 6. The molecule has 0 radical (unpaired) electrons. The van der Waals surface area contributed by atoms with E-state index >= 15 is 0 Å². The second kappa shape index (κ2) is 9.15. The zero-order valence-corrected chi connectivity index (χ0v) is 17.0. The van der Waals surface area contributed by atoms with E-state index in [4.69, 9.17) is 4.74 Å². The molecule has 0 N–H and O–H groups in total. The fraction of sp³-hybridized carbons (Fsp3) is 0.739. The molecule has 0 aliphatic heterocycles. The summed E-state index contributed by atoms with van der Waals surface area (Å²) in [5.41, 5.74) is 0.708. The standard InChI is InChI=1S/C23H32F4O/c1-15-21(24)11-19(12-22(15)25)18-7-3-16(4-8-18)13-23(26,27)20-9-5-17(6-10-20)14-28-2/h11-12,16-18,20H,3-10,13-14H2,1-2H3. The second-order valence-corrected chi connectivity index (χ2v) is 8.97. The average Bonchev–Trinajstić information content (AvgIpc) is 2.67. The fourth-order valence-corrected chi connectivity index (χ4v) is 5.14. The van der Waals surface area contributed by atoms with Crippen LogP contribution in [0.5, 0.6) is 0 Å². The number of ether oxygens (including phenoxy) is 1. The van der Waals surface area contributed by atoms with Crippen LogP contribution in [0, 0.1) is 36.3 Å². The maximum Gasteiger partial charge on any atom is 0.251 e. The van der Waals surface area contributed by atoms with Crippen molar-refractivity contribution in [1.29, 1.82) is 0 Å². The van der Waals surface area contributed by atoms with Gasteiger partial charge in [0.15, 0.2) is 0 Å². The summed E-state index contributed by atoms with van der Waals surface area (Å²) in [5.74, 6) is -3.68. The van der Waals surface area contributed by atoms with Crippen LogP contribution in [0.25, 0.3) is 0 Å². The zero-order valence-electron chi connectivity index (χ0n) is 17.0. The van der Waals surface area contributed by atoms with Gasteiger partial charge in [0, 0.05) is 31.6 Å².